The molecule has 0 aromatic carbocycles. The minimum atomic E-state index is -0.251. The van der Waals surface area contributed by atoms with E-state index < -0.39 is 0 Å². The van der Waals surface area contributed by atoms with Crippen molar-refractivity contribution in [2.24, 2.45) is 5.41 Å². The molecule has 0 aliphatic heterocycles. The fraction of sp³-hybridized carbons (Fsp3) is 0.571. The van der Waals surface area contributed by atoms with E-state index in [9.17, 15) is 0 Å². The molecule has 0 amide bonds. The first kappa shape index (κ1) is 6.64. The van der Waals surface area contributed by atoms with Gasteiger partial charge >= 0.3 is 0 Å². The normalized spacial score (nSPS) is 22.4. The highest BCUT2D eigenvalue weighted by molar-refractivity contribution is 6.18. The number of halogens is 1. The molecule has 0 saturated heterocycles. The first-order valence-corrected chi connectivity index (χ1v) is 3.40. The van der Waals surface area contributed by atoms with Crippen LogP contribution < -0.4 is 0 Å². The van der Waals surface area contributed by atoms with Crippen molar-refractivity contribution < 1.29 is 0 Å². The second-order valence-corrected chi connectivity index (χ2v) is 2.90. The van der Waals surface area contributed by atoms with E-state index in [-0.39, 0.29) is 5.41 Å². The lowest BCUT2D eigenvalue weighted by Crippen LogP contribution is -2.30. The summed E-state index contributed by atoms with van der Waals surface area (Å²) >= 11 is 5.56. The van der Waals surface area contributed by atoms with Gasteiger partial charge in [0.2, 0.25) is 0 Å². The predicted molar refractivity (Wildman–Crippen MR) is 37.1 cm³/mol. The van der Waals surface area contributed by atoms with E-state index in [4.69, 9.17) is 16.9 Å². The van der Waals surface area contributed by atoms with Crippen molar-refractivity contribution in [3.63, 3.8) is 0 Å². The number of nitrogens with zero attached hydrogens (tertiary/aromatic N) is 1. The van der Waals surface area contributed by atoms with Crippen molar-refractivity contribution in [1.29, 1.82) is 5.26 Å². The molecule has 0 aromatic heterocycles. The van der Waals surface area contributed by atoms with Gasteiger partial charge in [-0.2, -0.15) is 5.26 Å². The third kappa shape index (κ3) is 0.951. The maximum atomic E-state index is 8.58. The molecule has 0 aromatic rings. The fourth-order valence-electron chi connectivity index (χ4n) is 1.11. The van der Waals surface area contributed by atoms with E-state index in [1.807, 2.05) is 0 Å². The van der Waals surface area contributed by atoms with Crippen molar-refractivity contribution in [2.75, 3.05) is 5.88 Å². The van der Waals surface area contributed by atoms with Crippen LogP contribution in [0.5, 0.6) is 0 Å². The SMILES string of the molecule is C=C1CC(C#N)(CCl)C1. The Balaban J connectivity index is 2.58. The average molecular weight is 142 g/mol. The Bertz CT molecular complexity index is 170. The van der Waals surface area contributed by atoms with Gasteiger partial charge in [-0.25, -0.2) is 0 Å². The van der Waals surface area contributed by atoms with Crippen LogP contribution in [-0.4, -0.2) is 5.88 Å². The van der Waals surface area contributed by atoms with E-state index in [1.54, 1.807) is 0 Å². The lowest BCUT2D eigenvalue weighted by molar-refractivity contribution is 0.345. The smallest absolute Gasteiger partial charge is 0.0782 e. The molecule has 0 spiro atoms. The maximum absolute atomic E-state index is 8.58. The number of nitriles is 1. The Kier molecular flexibility index (Phi) is 1.50. The quantitative estimate of drug-likeness (QED) is 0.405. The fourth-order valence-corrected chi connectivity index (χ4v) is 1.36. The Labute approximate surface area is 59.9 Å². The van der Waals surface area contributed by atoms with E-state index in [2.05, 4.69) is 12.6 Å². The number of rotatable bonds is 1. The topological polar surface area (TPSA) is 23.8 Å². The summed E-state index contributed by atoms with van der Waals surface area (Å²) in [6.45, 7) is 3.74. The third-order valence-electron chi connectivity index (χ3n) is 1.67. The maximum Gasteiger partial charge on any atom is 0.0782 e. The van der Waals surface area contributed by atoms with E-state index in [0.717, 1.165) is 18.4 Å². The van der Waals surface area contributed by atoms with Gasteiger partial charge in [-0.3, -0.25) is 0 Å². The van der Waals surface area contributed by atoms with Crippen molar-refractivity contribution >= 4 is 11.6 Å². The summed E-state index contributed by atoms with van der Waals surface area (Å²) in [5.41, 5.74) is 0.899. The molecule has 0 bridgehead atoms. The molecule has 1 nitrogen and oxygen atoms in total. The van der Waals surface area contributed by atoms with E-state index in [0.29, 0.717) is 5.88 Å². The monoisotopic (exact) mass is 141 g/mol. The van der Waals surface area contributed by atoms with E-state index in [1.165, 1.54) is 0 Å². The summed E-state index contributed by atoms with van der Waals surface area (Å²) in [7, 11) is 0. The van der Waals surface area contributed by atoms with Crippen molar-refractivity contribution in [2.45, 2.75) is 12.8 Å². The minimum absolute atomic E-state index is 0.251. The Morgan fingerprint density at radius 2 is 2.33 bits per heavy atom. The minimum Gasteiger partial charge on any atom is -0.198 e. The second-order valence-electron chi connectivity index (χ2n) is 2.63. The van der Waals surface area contributed by atoms with Crippen molar-refractivity contribution in [3.05, 3.63) is 12.2 Å². The standard InChI is InChI=1S/C7H8ClN/c1-6-2-7(3-6,4-8)5-9/h1-4H2. The third-order valence-corrected chi connectivity index (χ3v) is 2.18. The molecule has 0 unspecified atom stereocenters. The second kappa shape index (κ2) is 2.04. The van der Waals surface area contributed by atoms with Crippen LogP contribution in [0.15, 0.2) is 12.2 Å². The molecule has 1 fully saturated rings. The molecule has 0 heterocycles. The Morgan fingerprint density at radius 1 is 1.78 bits per heavy atom. The molecule has 1 saturated carbocycles. The molecule has 9 heavy (non-hydrogen) atoms. The van der Waals surface area contributed by atoms with Gasteiger partial charge in [0.1, 0.15) is 0 Å². The molecular weight excluding hydrogens is 134 g/mol. The highest BCUT2D eigenvalue weighted by Crippen LogP contribution is 2.44. The lowest BCUT2D eigenvalue weighted by atomic mass is 9.68. The first-order valence-electron chi connectivity index (χ1n) is 2.86. The molecule has 1 aliphatic rings. The van der Waals surface area contributed by atoms with Crippen LogP contribution in [0, 0.1) is 16.7 Å². The van der Waals surface area contributed by atoms with Gasteiger partial charge in [-0.1, -0.05) is 12.2 Å². The first-order chi connectivity index (χ1) is 4.22. The molecule has 0 radical (unpaired) electrons. The van der Waals surface area contributed by atoms with Crippen LogP contribution in [0.2, 0.25) is 0 Å². The molecule has 1 aliphatic carbocycles. The van der Waals surface area contributed by atoms with Gasteiger partial charge < -0.3 is 0 Å². The zero-order chi connectivity index (χ0) is 6.91. The molecule has 0 atom stereocenters. The Hall–Kier alpha value is -0.480. The largest absolute Gasteiger partial charge is 0.198 e. The van der Waals surface area contributed by atoms with Gasteiger partial charge in [0.25, 0.3) is 0 Å². The zero-order valence-electron chi connectivity index (χ0n) is 5.15. The van der Waals surface area contributed by atoms with Gasteiger partial charge in [0.05, 0.1) is 11.5 Å². The van der Waals surface area contributed by atoms with Gasteiger partial charge in [0, 0.05) is 5.88 Å². The van der Waals surface area contributed by atoms with Gasteiger partial charge in [-0.15, -0.1) is 11.6 Å². The van der Waals surface area contributed by atoms with Crippen LogP contribution in [0.3, 0.4) is 0 Å². The number of hydrogen-bond acceptors (Lipinski definition) is 1. The van der Waals surface area contributed by atoms with Crippen molar-refractivity contribution in [1.82, 2.24) is 0 Å². The molecular formula is C7H8ClN. The highest BCUT2D eigenvalue weighted by atomic mass is 35.5. The van der Waals surface area contributed by atoms with Gasteiger partial charge in [-0.05, 0) is 12.8 Å². The predicted octanol–water partition coefficient (Wildman–Crippen LogP) is 2.09. The van der Waals surface area contributed by atoms with Crippen molar-refractivity contribution in [3.8, 4) is 6.07 Å². The van der Waals surface area contributed by atoms with Crippen LogP contribution in [-0.2, 0) is 0 Å². The summed E-state index contributed by atoms with van der Waals surface area (Å²) < 4.78 is 0. The molecule has 1 rings (SSSR count). The average Bonchev–Trinajstić information content (AvgIpc) is 1.81. The summed E-state index contributed by atoms with van der Waals surface area (Å²) in [6.07, 6.45) is 1.60. The summed E-state index contributed by atoms with van der Waals surface area (Å²) in [6, 6.07) is 2.20. The molecule has 0 N–H and O–H groups in total. The van der Waals surface area contributed by atoms with Crippen LogP contribution in [0.1, 0.15) is 12.8 Å². The zero-order valence-corrected chi connectivity index (χ0v) is 5.91. The van der Waals surface area contributed by atoms with Crippen LogP contribution >= 0.6 is 11.6 Å². The molecule has 2 heteroatoms. The van der Waals surface area contributed by atoms with Crippen LogP contribution in [0.4, 0.5) is 0 Å². The number of allylic oxidation sites excluding steroid dienone is 1. The molecule has 48 valence electrons. The van der Waals surface area contributed by atoms with Gasteiger partial charge in [0.15, 0.2) is 0 Å². The summed E-state index contributed by atoms with van der Waals surface area (Å²) in [4.78, 5) is 0. The van der Waals surface area contributed by atoms with Crippen LogP contribution in [0.25, 0.3) is 0 Å². The number of alkyl halides is 1. The lowest BCUT2D eigenvalue weighted by Gasteiger charge is -2.35. The van der Waals surface area contributed by atoms with E-state index >= 15 is 0 Å². The Morgan fingerprint density at radius 3 is 2.44 bits per heavy atom. The summed E-state index contributed by atoms with van der Waals surface area (Å²) in [5.74, 6) is 0.447. The summed E-state index contributed by atoms with van der Waals surface area (Å²) in [5, 5.41) is 8.58. The highest BCUT2D eigenvalue weighted by Gasteiger charge is 2.38. The number of hydrogen-bond donors (Lipinski definition) is 0.